The number of hydrogen-bond donors (Lipinski definition) is 1. The van der Waals surface area contributed by atoms with E-state index in [2.05, 4.69) is 54.8 Å². The summed E-state index contributed by atoms with van der Waals surface area (Å²) in [6.07, 6.45) is 2.42. The first kappa shape index (κ1) is 21.6. The van der Waals surface area contributed by atoms with E-state index in [0.717, 1.165) is 52.2 Å². The van der Waals surface area contributed by atoms with Gasteiger partial charge in [0.05, 0.1) is 19.3 Å². The van der Waals surface area contributed by atoms with Crippen molar-refractivity contribution >= 4 is 5.91 Å². The fraction of sp³-hybridized carbons (Fsp3) is 0.950. The van der Waals surface area contributed by atoms with E-state index in [1.165, 1.54) is 0 Å². The van der Waals surface area contributed by atoms with Gasteiger partial charge in [-0.05, 0) is 52.7 Å². The smallest absolute Gasteiger partial charge is 0.234 e. The Balaban J connectivity index is 1.65. The molecule has 6 nitrogen and oxygen atoms in total. The van der Waals surface area contributed by atoms with Gasteiger partial charge in [0.15, 0.2) is 0 Å². The maximum Gasteiger partial charge on any atom is 0.234 e. The number of hydrogen-bond acceptors (Lipinski definition) is 5. The quantitative estimate of drug-likeness (QED) is 0.699. The van der Waals surface area contributed by atoms with Crippen LogP contribution in [0.1, 0.15) is 40.5 Å². The number of likely N-dealkylation sites (tertiary alicyclic amines) is 1. The van der Waals surface area contributed by atoms with Gasteiger partial charge in [-0.2, -0.15) is 0 Å². The molecule has 0 aliphatic carbocycles. The van der Waals surface area contributed by atoms with Gasteiger partial charge < -0.3 is 15.0 Å². The van der Waals surface area contributed by atoms with E-state index >= 15 is 0 Å². The third-order valence-corrected chi connectivity index (χ3v) is 5.62. The first-order chi connectivity index (χ1) is 12.3. The molecule has 1 atom stereocenters. The molecule has 2 aliphatic rings. The van der Waals surface area contributed by atoms with Crippen molar-refractivity contribution in [2.75, 3.05) is 59.5 Å². The standard InChI is InChI=1S/C20H40N4O2/c1-16(2)13-23-10-11-26-19(14-23)12-21-20(25)15-22(5)18-6-8-24(9-7-18)17(3)4/h16-19H,6-15H2,1-5H3,(H,21,25). The monoisotopic (exact) mass is 368 g/mol. The van der Waals surface area contributed by atoms with Gasteiger partial charge in [-0.15, -0.1) is 0 Å². The lowest BCUT2D eigenvalue weighted by Crippen LogP contribution is -2.51. The topological polar surface area (TPSA) is 48.1 Å². The molecule has 6 heteroatoms. The summed E-state index contributed by atoms with van der Waals surface area (Å²) < 4.78 is 5.82. The minimum atomic E-state index is 0.114. The highest BCUT2D eigenvalue weighted by molar-refractivity contribution is 5.78. The van der Waals surface area contributed by atoms with Crippen molar-refractivity contribution in [2.45, 2.75) is 58.7 Å². The van der Waals surface area contributed by atoms with Crippen molar-refractivity contribution in [3.05, 3.63) is 0 Å². The summed E-state index contributed by atoms with van der Waals surface area (Å²) in [5, 5.41) is 3.08. The summed E-state index contributed by atoms with van der Waals surface area (Å²) in [4.78, 5) is 19.5. The van der Waals surface area contributed by atoms with Gasteiger partial charge in [-0.1, -0.05) is 13.8 Å². The van der Waals surface area contributed by atoms with E-state index in [1.807, 2.05) is 0 Å². The number of carbonyl (C=O) groups is 1. The van der Waals surface area contributed by atoms with E-state index in [4.69, 9.17) is 4.74 Å². The van der Waals surface area contributed by atoms with Gasteiger partial charge in [0.25, 0.3) is 0 Å². The normalized spacial score (nSPS) is 23.9. The molecule has 1 N–H and O–H groups in total. The number of ether oxygens (including phenoxy) is 1. The van der Waals surface area contributed by atoms with Crippen molar-refractivity contribution < 1.29 is 9.53 Å². The Morgan fingerprint density at radius 3 is 2.50 bits per heavy atom. The Labute approximate surface area is 160 Å². The van der Waals surface area contributed by atoms with Crippen LogP contribution in [0.3, 0.4) is 0 Å². The van der Waals surface area contributed by atoms with Crippen LogP contribution in [-0.4, -0.2) is 98.3 Å². The van der Waals surface area contributed by atoms with E-state index in [0.29, 0.717) is 31.1 Å². The molecule has 0 radical (unpaired) electrons. The zero-order valence-electron chi connectivity index (χ0n) is 17.5. The summed E-state index contributed by atoms with van der Waals surface area (Å²) in [6, 6.07) is 1.14. The van der Waals surface area contributed by atoms with Crippen LogP contribution in [0.5, 0.6) is 0 Å². The maximum absolute atomic E-state index is 12.3. The zero-order valence-corrected chi connectivity index (χ0v) is 17.5. The number of amides is 1. The Morgan fingerprint density at radius 1 is 1.19 bits per heavy atom. The second-order valence-electron chi connectivity index (χ2n) is 8.73. The molecule has 2 heterocycles. The Kier molecular flexibility index (Phi) is 8.80. The van der Waals surface area contributed by atoms with E-state index < -0.39 is 0 Å². The first-order valence-corrected chi connectivity index (χ1v) is 10.4. The lowest BCUT2D eigenvalue weighted by atomic mass is 10.0. The maximum atomic E-state index is 12.3. The van der Waals surface area contributed by atoms with E-state index in [9.17, 15) is 4.79 Å². The molecule has 0 spiro atoms. The molecular formula is C20H40N4O2. The highest BCUT2D eigenvalue weighted by atomic mass is 16.5. The van der Waals surface area contributed by atoms with Crippen molar-refractivity contribution in [3.8, 4) is 0 Å². The molecule has 1 amide bonds. The number of rotatable bonds is 8. The summed E-state index contributed by atoms with van der Waals surface area (Å²) >= 11 is 0. The van der Waals surface area contributed by atoms with Crippen LogP contribution in [-0.2, 0) is 9.53 Å². The fourth-order valence-corrected chi connectivity index (χ4v) is 4.07. The third kappa shape index (κ3) is 7.14. The van der Waals surface area contributed by atoms with Gasteiger partial charge in [0.1, 0.15) is 0 Å². The van der Waals surface area contributed by atoms with Crippen molar-refractivity contribution in [1.82, 2.24) is 20.0 Å². The molecule has 2 fully saturated rings. The van der Waals surface area contributed by atoms with Gasteiger partial charge in [0.2, 0.25) is 5.91 Å². The molecule has 152 valence electrons. The van der Waals surface area contributed by atoms with Crippen molar-refractivity contribution in [3.63, 3.8) is 0 Å². The predicted octanol–water partition coefficient (Wildman–Crippen LogP) is 1.26. The molecule has 0 aromatic carbocycles. The molecule has 1 unspecified atom stereocenters. The van der Waals surface area contributed by atoms with Crippen LogP contribution in [0.2, 0.25) is 0 Å². The molecule has 0 aromatic rings. The highest BCUT2D eigenvalue weighted by Crippen LogP contribution is 2.17. The van der Waals surface area contributed by atoms with Crippen LogP contribution < -0.4 is 5.32 Å². The van der Waals surface area contributed by atoms with Gasteiger partial charge in [-0.3, -0.25) is 14.6 Å². The highest BCUT2D eigenvalue weighted by Gasteiger charge is 2.25. The van der Waals surface area contributed by atoms with Crippen LogP contribution in [0.4, 0.5) is 0 Å². The summed E-state index contributed by atoms with van der Waals surface area (Å²) in [5.41, 5.74) is 0. The number of piperidine rings is 1. The lowest BCUT2D eigenvalue weighted by molar-refractivity contribution is -0.124. The average molecular weight is 369 g/mol. The minimum Gasteiger partial charge on any atom is -0.374 e. The molecular weight excluding hydrogens is 328 g/mol. The molecule has 26 heavy (non-hydrogen) atoms. The molecule has 0 aromatic heterocycles. The van der Waals surface area contributed by atoms with Crippen LogP contribution in [0.25, 0.3) is 0 Å². The largest absolute Gasteiger partial charge is 0.374 e. The fourth-order valence-electron chi connectivity index (χ4n) is 4.07. The Bertz CT molecular complexity index is 422. The number of nitrogens with one attached hydrogen (secondary N) is 1. The zero-order chi connectivity index (χ0) is 19.1. The lowest BCUT2D eigenvalue weighted by Gasteiger charge is -2.38. The van der Waals surface area contributed by atoms with Gasteiger partial charge >= 0.3 is 0 Å². The number of morpholine rings is 1. The van der Waals surface area contributed by atoms with E-state index in [1.54, 1.807) is 0 Å². The first-order valence-electron chi connectivity index (χ1n) is 10.4. The van der Waals surface area contributed by atoms with Gasteiger partial charge in [-0.25, -0.2) is 0 Å². The minimum absolute atomic E-state index is 0.114. The average Bonchev–Trinajstić information content (AvgIpc) is 2.60. The molecule has 2 rings (SSSR count). The molecule has 2 saturated heterocycles. The van der Waals surface area contributed by atoms with Crippen molar-refractivity contribution in [2.24, 2.45) is 5.92 Å². The second kappa shape index (κ2) is 10.6. The molecule has 0 saturated carbocycles. The number of carbonyl (C=O) groups excluding carboxylic acids is 1. The van der Waals surface area contributed by atoms with Crippen LogP contribution in [0, 0.1) is 5.92 Å². The van der Waals surface area contributed by atoms with Crippen molar-refractivity contribution in [1.29, 1.82) is 0 Å². The second-order valence-corrected chi connectivity index (χ2v) is 8.73. The summed E-state index contributed by atoms with van der Waals surface area (Å²) in [5.74, 6) is 0.780. The van der Waals surface area contributed by atoms with Crippen LogP contribution >= 0.6 is 0 Å². The Morgan fingerprint density at radius 2 is 1.88 bits per heavy atom. The van der Waals surface area contributed by atoms with Crippen LogP contribution in [0.15, 0.2) is 0 Å². The Hall–Kier alpha value is -0.690. The predicted molar refractivity (Wildman–Crippen MR) is 106 cm³/mol. The summed E-state index contributed by atoms with van der Waals surface area (Å²) in [7, 11) is 2.08. The number of likely N-dealkylation sites (N-methyl/N-ethyl adjacent to an activating group) is 1. The van der Waals surface area contributed by atoms with Gasteiger partial charge in [0, 0.05) is 38.3 Å². The summed E-state index contributed by atoms with van der Waals surface area (Å²) in [6.45, 7) is 16.2. The third-order valence-electron chi connectivity index (χ3n) is 5.62. The number of nitrogens with zero attached hydrogens (tertiary/aromatic N) is 3. The van der Waals surface area contributed by atoms with E-state index in [-0.39, 0.29) is 12.0 Å². The SMILES string of the molecule is CC(C)CN1CCOC(CNC(=O)CN(C)C2CCN(C(C)C)CC2)C1. The molecule has 0 bridgehead atoms. The molecule has 2 aliphatic heterocycles.